The largest absolute Gasteiger partial charge is 0.509 e. The summed E-state index contributed by atoms with van der Waals surface area (Å²) >= 11 is 6.65. The fourth-order valence-electron chi connectivity index (χ4n) is 5.66. The molecule has 0 saturated carbocycles. The van der Waals surface area contributed by atoms with Gasteiger partial charge in [-0.05, 0) is 44.6 Å². The molecule has 0 aromatic heterocycles. The smallest absolute Gasteiger partial charge is 0.255 e. The maximum absolute atomic E-state index is 13.1. The van der Waals surface area contributed by atoms with Crippen LogP contribution in [-0.2, 0) is 15.2 Å². The zero-order valence-corrected chi connectivity index (χ0v) is 18.5. The van der Waals surface area contributed by atoms with Crippen LogP contribution in [0, 0.1) is 11.8 Å². The second-order valence-electron chi connectivity index (χ2n) is 9.07. The number of phenols is 1. The molecule has 0 spiro atoms. The van der Waals surface area contributed by atoms with Gasteiger partial charge in [0.1, 0.15) is 22.8 Å². The number of hydrogen-bond donors (Lipinski definition) is 6. The molecule has 3 aliphatic carbocycles. The number of aliphatic hydroxyl groups excluding tert-OH is 2. The molecule has 0 radical (unpaired) electrons. The number of carbonyl (C=O) groups excluding carboxylic acids is 2. The first kappa shape index (κ1) is 22.6. The second kappa shape index (κ2) is 6.95. The van der Waals surface area contributed by atoms with Crippen LogP contribution in [0.4, 0.5) is 0 Å². The van der Waals surface area contributed by atoms with Gasteiger partial charge in [0.2, 0.25) is 0 Å². The molecule has 172 valence electrons. The number of benzene rings is 1. The molecule has 0 bridgehead atoms. The van der Waals surface area contributed by atoms with Crippen LogP contribution in [0.1, 0.15) is 29.8 Å². The van der Waals surface area contributed by atoms with E-state index in [2.05, 4.69) is 0 Å². The van der Waals surface area contributed by atoms with Gasteiger partial charge in [0.15, 0.2) is 11.4 Å². The van der Waals surface area contributed by atoms with Gasteiger partial charge in [-0.3, -0.25) is 14.5 Å². The quantitative estimate of drug-likeness (QED) is 0.277. The number of ketones is 1. The van der Waals surface area contributed by atoms with Gasteiger partial charge < -0.3 is 31.3 Å². The number of Topliss-reactive ketones (excluding diaryl/α,β-unsaturated/α-hetero) is 1. The number of aromatic hydroxyl groups is 1. The molecule has 32 heavy (non-hydrogen) atoms. The molecule has 0 fully saturated rings. The number of hydrogen-bond acceptors (Lipinski definition) is 8. The van der Waals surface area contributed by atoms with Crippen LogP contribution in [0.3, 0.4) is 0 Å². The number of alkyl halides is 1. The summed E-state index contributed by atoms with van der Waals surface area (Å²) in [5.41, 5.74) is 0.853. The average molecular weight is 465 g/mol. The molecular formula is C22H25ClN2O7. The molecule has 0 unspecified atom stereocenters. The number of primary amides is 1. The van der Waals surface area contributed by atoms with Crippen molar-refractivity contribution in [2.24, 2.45) is 17.6 Å². The summed E-state index contributed by atoms with van der Waals surface area (Å²) in [6.45, 7) is 1.50. The standard InChI is InChI=1S/C22H25ClN2O7/c1-21(31)8-5-4-6-11(26)12(8)15(23)13-9(21)7-10-16(25(2)3)17(27)14(20(24)30)19(29)22(10,32)18(13)28/h4-6,9-10,15-16,26,28-29,31-32H,7H2,1-3H3,(H2,24,30)/t9-,10-,15-,16-,21+,22-/m0/s1. The van der Waals surface area contributed by atoms with Crippen molar-refractivity contribution in [2.75, 3.05) is 14.1 Å². The molecule has 9 nitrogen and oxygen atoms in total. The van der Waals surface area contributed by atoms with E-state index >= 15 is 0 Å². The van der Waals surface area contributed by atoms with Crippen molar-refractivity contribution in [1.82, 2.24) is 4.90 Å². The second-order valence-corrected chi connectivity index (χ2v) is 9.51. The molecule has 1 aromatic rings. The number of nitrogens with zero attached hydrogens (tertiary/aromatic N) is 1. The number of aliphatic hydroxyl groups is 4. The topological polar surface area (TPSA) is 165 Å². The predicted molar refractivity (Wildman–Crippen MR) is 114 cm³/mol. The molecule has 1 aromatic carbocycles. The van der Waals surface area contributed by atoms with Crippen molar-refractivity contribution in [2.45, 2.75) is 36.0 Å². The minimum atomic E-state index is -2.54. The zero-order valence-electron chi connectivity index (χ0n) is 17.7. The normalized spacial score (nSPS) is 36.7. The lowest BCUT2D eigenvalue weighted by molar-refractivity contribution is -0.140. The molecule has 1 amide bonds. The monoisotopic (exact) mass is 464 g/mol. The molecule has 4 rings (SSSR count). The van der Waals surface area contributed by atoms with E-state index in [4.69, 9.17) is 17.3 Å². The van der Waals surface area contributed by atoms with E-state index in [0.717, 1.165) is 0 Å². The highest BCUT2D eigenvalue weighted by Gasteiger charge is 2.64. The third-order valence-corrected chi connectivity index (χ3v) is 7.62. The first-order valence-electron chi connectivity index (χ1n) is 10.1. The molecule has 6 atom stereocenters. The number of halogens is 1. The van der Waals surface area contributed by atoms with Crippen molar-refractivity contribution in [1.29, 1.82) is 0 Å². The predicted octanol–water partition coefficient (Wildman–Crippen LogP) is 0.883. The van der Waals surface area contributed by atoms with E-state index in [1.807, 2.05) is 0 Å². The van der Waals surface area contributed by atoms with Gasteiger partial charge in [-0.1, -0.05) is 12.1 Å². The number of nitrogens with two attached hydrogens (primary N) is 1. The van der Waals surface area contributed by atoms with Crippen molar-refractivity contribution in [3.05, 3.63) is 52.0 Å². The van der Waals surface area contributed by atoms with Gasteiger partial charge in [0.25, 0.3) is 5.91 Å². The van der Waals surface area contributed by atoms with E-state index in [1.54, 1.807) is 26.2 Å². The van der Waals surface area contributed by atoms with Crippen LogP contribution in [0.25, 0.3) is 0 Å². The van der Waals surface area contributed by atoms with Crippen LogP contribution < -0.4 is 5.73 Å². The molecule has 0 saturated heterocycles. The summed E-state index contributed by atoms with van der Waals surface area (Å²) in [6, 6.07) is 3.42. The number of likely N-dealkylation sites (N-methyl/N-ethyl adjacent to an activating group) is 1. The van der Waals surface area contributed by atoms with Crippen LogP contribution in [0.5, 0.6) is 5.75 Å². The Labute approximate surface area is 189 Å². The Bertz CT molecular complexity index is 1110. The molecule has 3 aliphatic rings. The first-order valence-corrected chi connectivity index (χ1v) is 10.5. The fraction of sp³-hybridized carbons (Fsp3) is 0.455. The van der Waals surface area contributed by atoms with Gasteiger partial charge in [-0.15, -0.1) is 11.6 Å². The van der Waals surface area contributed by atoms with E-state index in [0.29, 0.717) is 5.56 Å². The lowest BCUT2D eigenvalue weighted by Crippen LogP contribution is -2.63. The van der Waals surface area contributed by atoms with Crippen LogP contribution in [-0.4, -0.2) is 67.9 Å². The first-order chi connectivity index (χ1) is 14.8. The van der Waals surface area contributed by atoms with Crippen molar-refractivity contribution in [3.63, 3.8) is 0 Å². The summed E-state index contributed by atoms with van der Waals surface area (Å²) in [4.78, 5) is 26.5. The molecule has 0 aliphatic heterocycles. The summed E-state index contributed by atoms with van der Waals surface area (Å²) in [5, 5.41) is 54.5. The Morgan fingerprint density at radius 1 is 1.19 bits per heavy atom. The van der Waals surface area contributed by atoms with E-state index in [-0.39, 0.29) is 23.3 Å². The van der Waals surface area contributed by atoms with Gasteiger partial charge in [-0.2, -0.15) is 0 Å². The number of rotatable bonds is 2. The van der Waals surface area contributed by atoms with Gasteiger partial charge in [0, 0.05) is 17.4 Å². The Morgan fingerprint density at radius 3 is 2.38 bits per heavy atom. The summed E-state index contributed by atoms with van der Waals surface area (Å²) in [7, 11) is 3.11. The van der Waals surface area contributed by atoms with Crippen molar-refractivity contribution >= 4 is 23.3 Å². The Kier molecular flexibility index (Phi) is 4.91. The fourth-order valence-corrected chi connectivity index (χ4v) is 6.15. The highest BCUT2D eigenvalue weighted by atomic mass is 35.5. The van der Waals surface area contributed by atoms with Crippen LogP contribution in [0.15, 0.2) is 40.9 Å². The lowest BCUT2D eigenvalue weighted by atomic mass is 9.56. The van der Waals surface area contributed by atoms with Crippen LogP contribution >= 0.6 is 11.6 Å². The maximum Gasteiger partial charge on any atom is 0.255 e. The maximum atomic E-state index is 13.1. The van der Waals surface area contributed by atoms with Gasteiger partial charge in [-0.25, -0.2) is 0 Å². The molecule has 0 heterocycles. The number of amides is 1. The lowest BCUT2D eigenvalue weighted by Gasteiger charge is -2.54. The minimum Gasteiger partial charge on any atom is -0.509 e. The van der Waals surface area contributed by atoms with E-state index in [9.17, 15) is 35.1 Å². The highest BCUT2D eigenvalue weighted by molar-refractivity contribution is 6.24. The zero-order chi connectivity index (χ0) is 23.9. The third kappa shape index (κ3) is 2.62. The van der Waals surface area contributed by atoms with E-state index in [1.165, 1.54) is 17.9 Å². The van der Waals surface area contributed by atoms with Gasteiger partial charge in [0.05, 0.1) is 17.0 Å². The summed E-state index contributed by atoms with van der Waals surface area (Å²) in [6.07, 6.45) is -0.0636. The Morgan fingerprint density at radius 2 is 1.81 bits per heavy atom. The Hall–Kier alpha value is -2.59. The Balaban J connectivity index is 2.06. The molecular weight excluding hydrogens is 440 g/mol. The molecule has 7 N–H and O–H groups in total. The van der Waals surface area contributed by atoms with E-state index < -0.39 is 63.2 Å². The van der Waals surface area contributed by atoms with Crippen LogP contribution in [0.2, 0.25) is 0 Å². The summed E-state index contributed by atoms with van der Waals surface area (Å²) in [5.74, 6) is -6.05. The number of fused-ring (bicyclic) bond motifs is 3. The SMILES string of the molecule is CN(C)[C@@H]1C(=O)C(C(N)=O)=C(O)[C@@]2(O)C(O)=C3[C@@H](Cl)c4c(O)cccc4[C@@](C)(O)[C@H]3C[C@@H]12. The highest BCUT2D eigenvalue weighted by Crippen LogP contribution is 2.61. The number of phenolic OH excluding ortho intramolecular Hbond substituents is 1. The minimum absolute atomic E-state index is 0.00774. The third-order valence-electron chi connectivity index (χ3n) is 7.17. The number of carbonyl (C=O) groups is 2. The van der Waals surface area contributed by atoms with Crippen molar-refractivity contribution in [3.8, 4) is 5.75 Å². The average Bonchev–Trinajstić information content (AvgIpc) is 2.68. The van der Waals surface area contributed by atoms with Crippen molar-refractivity contribution < 1.29 is 35.1 Å². The molecule has 10 heteroatoms. The van der Waals surface area contributed by atoms with Gasteiger partial charge >= 0.3 is 0 Å². The summed E-state index contributed by atoms with van der Waals surface area (Å²) < 4.78 is 0.